The van der Waals surface area contributed by atoms with Crippen LogP contribution in [0.4, 0.5) is 0 Å². The Morgan fingerprint density at radius 3 is 2.74 bits per heavy atom. The second kappa shape index (κ2) is 5.70. The van der Waals surface area contributed by atoms with Crippen molar-refractivity contribution in [3.8, 4) is 0 Å². The fourth-order valence-corrected chi connectivity index (χ4v) is 2.83. The molecular formula is C15H29N3O. The smallest absolute Gasteiger partial charge is 0.193 e. The van der Waals surface area contributed by atoms with Crippen LogP contribution in [0.25, 0.3) is 0 Å². The third-order valence-electron chi connectivity index (χ3n) is 3.96. The van der Waals surface area contributed by atoms with E-state index in [2.05, 4.69) is 37.9 Å². The van der Waals surface area contributed by atoms with Crippen LogP contribution in [0.1, 0.15) is 40.5 Å². The maximum Gasteiger partial charge on any atom is 0.193 e. The molecule has 1 atom stereocenters. The molecule has 0 radical (unpaired) electrons. The van der Waals surface area contributed by atoms with Crippen LogP contribution in [-0.4, -0.2) is 50.3 Å². The van der Waals surface area contributed by atoms with Gasteiger partial charge in [0.2, 0.25) is 0 Å². The minimum atomic E-state index is 0.245. The molecule has 110 valence electrons. The summed E-state index contributed by atoms with van der Waals surface area (Å²) < 4.78 is 5.60. The maximum atomic E-state index is 5.60. The monoisotopic (exact) mass is 267 g/mol. The topological polar surface area (TPSA) is 36.9 Å². The number of hydrogen-bond donors (Lipinski definition) is 1. The lowest BCUT2D eigenvalue weighted by Gasteiger charge is -2.26. The molecule has 1 spiro atoms. The molecule has 0 bridgehead atoms. The van der Waals surface area contributed by atoms with Gasteiger partial charge in [0.05, 0.1) is 6.61 Å². The molecule has 2 fully saturated rings. The standard InChI is InChI=1S/C15H29N3O/c1-5-16-13(17-10-14(2,3)4)18-8-6-15(11-18)7-9-19-12-15/h5-12H2,1-4H3,(H,16,17). The van der Waals surface area contributed by atoms with Gasteiger partial charge in [-0.25, -0.2) is 0 Å². The Labute approximate surface area is 117 Å². The van der Waals surface area contributed by atoms with E-state index in [1.54, 1.807) is 0 Å². The normalized spacial score (nSPS) is 28.4. The van der Waals surface area contributed by atoms with Gasteiger partial charge >= 0.3 is 0 Å². The fourth-order valence-electron chi connectivity index (χ4n) is 2.83. The molecule has 19 heavy (non-hydrogen) atoms. The first-order valence-electron chi connectivity index (χ1n) is 7.55. The third kappa shape index (κ3) is 3.85. The lowest BCUT2D eigenvalue weighted by Crippen LogP contribution is -2.42. The average Bonchev–Trinajstić information content (AvgIpc) is 2.95. The van der Waals surface area contributed by atoms with E-state index in [4.69, 9.17) is 9.73 Å². The van der Waals surface area contributed by atoms with E-state index in [1.165, 1.54) is 12.8 Å². The van der Waals surface area contributed by atoms with E-state index in [9.17, 15) is 0 Å². The highest BCUT2D eigenvalue weighted by Gasteiger charge is 2.42. The molecule has 4 heteroatoms. The van der Waals surface area contributed by atoms with Crippen molar-refractivity contribution in [3.63, 3.8) is 0 Å². The molecule has 1 unspecified atom stereocenters. The molecule has 0 aromatic heterocycles. The van der Waals surface area contributed by atoms with Crippen molar-refractivity contribution in [1.29, 1.82) is 0 Å². The number of ether oxygens (including phenoxy) is 1. The summed E-state index contributed by atoms with van der Waals surface area (Å²) >= 11 is 0. The number of hydrogen-bond acceptors (Lipinski definition) is 2. The van der Waals surface area contributed by atoms with Crippen LogP contribution in [0.2, 0.25) is 0 Å². The lowest BCUT2D eigenvalue weighted by molar-refractivity contribution is 0.156. The molecular weight excluding hydrogens is 238 g/mol. The van der Waals surface area contributed by atoms with Crippen molar-refractivity contribution in [2.75, 3.05) is 39.4 Å². The highest BCUT2D eigenvalue weighted by Crippen LogP contribution is 2.38. The summed E-state index contributed by atoms with van der Waals surface area (Å²) in [6, 6.07) is 0. The summed E-state index contributed by atoms with van der Waals surface area (Å²) in [7, 11) is 0. The van der Waals surface area contributed by atoms with E-state index >= 15 is 0 Å². The van der Waals surface area contributed by atoms with Crippen LogP contribution in [-0.2, 0) is 4.74 Å². The number of nitrogens with zero attached hydrogens (tertiary/aromatic N) is 2. The summed E-state index contributed by atoms with van der Waals surface area (Å²) in [5, 5.41) is 3.44. The first-order valence-corrected chi connectivity index (χ1v) is 7.55. The van der Waals surface area contributed by atoms with Gasteiger partial charge < -0.3 is 15.0 Å². The molecule has 0 saturated carbocycles. The summed E-state index contributed by atoms with van der Waals surface area (Å²) in [5.41, 5.74) is 0.645. The number of guanidine groups is 1. The Morgan fingerprint density at radius 2 is 2.16 bits per heavy atom. The van der Waals surface area contributed by atoms with Crippen molar-refractivity contribution in [2.45, 2.75) is 40.5 Å². The maximum absolute atomic E-state index is 5.60. The molecule has 0 aromatic carbocycles. The van der Waals surface area contributed by atoms with E-state index in [0.717, 1.165) is 45.4 Å². The Bertz CT molecular complexity index is 327. The van der Waals surface area contributed by atoms with Gasteiger partial charge in [0.1, 0.15) is 0 Å². The van der Waals surface area contributed by atoms with Gasteiger partial charge in [-0.2, -0.15) is 0 Å². The summed E-state index contributed by atoms with van der Waals surface area (Å²) in [6.45, 7) is 14.7. The van der Waals surface area contributed by atoms with Crippen LogP contribution in [0.15, 0.2) is 4.99 Å². The SMILES string of the molecule is CCNC(=NCC(C)(C)C)N1CCC2(CCOC2)C1. The van der Waals surface area contributed by atoms with Gasteiger partial charge in [-0.3, -0.25) is 4.99 Å². The number of aliphatic imine (C=N–C) groups is 1. The van der Waals surface area contributed by atoms with Crippen molar-refractivity contribution >= 4 is 5.96 Å². The third-order valence-corrected chi connectivity index (χ3v) is 3.96. The predicted molar refractivity (Wildman–Crippen MR) is 79.5 cm³/mol. The van der Waals surface area contributed by atoms with Crippen LogP contribution >= 0.6 is 0 Å². The van der Waals surface area contributed by atoms with Crippen LogP contribution in [0.3, 0.4) is 0 Å². The molecule has 2 heterocycles. The Hall–Kier alpha value is -0.770. The fraction of sp³-hybridized carbons (Fsp3) is 0.933. The second-order valence-corrected chi connectivity index (χ2v) is 7.20. The molecule has 2 aliphatic heterocycles. The predicted octanol–water partition coefficient (Wildman–Crippen LogP) is 2.11. The summed E-state index contributed by atoms with van der Waals surface area (Å²) in [6.07, 6.45) is 2.45. The largest absolute Gasteiger partial charge is 0.381 e. The number of nitrogens with one attached hydrogen (secondary N) is 1. The van der Waals surface area contributed by atoms with Gasteiger partial charge in [0.15, 0.2) is 5.96 Å². The Kier molecular flexibility index (Phi) is 4.39. The van der Waals surface area contributed by atoms with Crippen LogP contribution in [0.5, 0.6) is 0 Å². The van der Waals surface area contributed by atoms with Gasteiger partial charge in [0, 0.05) is 38.2 Å². The molecule has 2 saturated heterocycles. The Morgan fingerprint density at radius 1 is 1.37 bits per heavy atom. The zero-order valence-corrected chi connectivity index (χ0v) is 13.0. The van der Waals surface area contributed by atoms with Crippen LogP contribution < -0.4 is 5.32 Å². The highest BCUT2D eigenvalue weighted by atomic mass is 16.5. The molecule has 2 aliphatic rings. The van der Waals surface area contributed by atoms with E-state index < -0.39 is 0 Å². The first-order chi connectivity index (χ1) is 8.94. The quantitative estimate of drug-likeness (QED) is 0.615. The van der Waals surface area contributed by atoms with E-state index in [-0.39, 0.29) is 5.41 Å². The molecule has 0 aromatic rings. The van der Waals surface area contributed by atoms with Gasteiger partial charge in [-0.1, -0.05) is 20.8 Å². The van der Waals surface area contributed by atoms with E-state index in [0.29, 0.717) is 5.41 Å². The lowest BCUT2D eigenvalue weighted by atomic mass is 9.87. The average molecular weight is 267 g/mol. The molecule has 0 amide bonds. The minimum Gasteiger partial charge on any atom is -0.381 e. The van der Waals surface area contributed by atoms with Crippen molar-refractivity contribution in [3.05, 3.63) is 0 Å². The minimum absolute atomic E-state index is 0.245. The van der Waals surface area contributed by atoms with Gasteiger partial charge in [-0.05, 0) is 25.2 Å². The van der Waals surface area contributed by atoms with Gasteiger partial charge in [0.25, 0.3) is 0 Å². The molecule has 1 N–H and O–H groups in total. The highest BCUT2D eigenvalue weighted by molar-refractivity contribution is 5.80. The molecule has 0 aliphatic carbocycles. The van der Waals surface area contributed by atoms with Crippen LogP contribution in [0, 0.1) is 10.8 Å². The summed E-state index contributed by atoms with van der Waals surface area (Å²) in [4.78, 5) is 7.23. The van der Waals surface area contributed by atoms with Crippen molar-refractivity contribution in [2.24, 2.45) is 15.8 Å². The van der Waals surface area contributed by atoms with E-state index in [1.807, 2.05) is 0 Å². The zero-order valence-electron chi connectivity index (χ0n) is 13.0. The first kappa shape index (κ1) is 14.6. The number of rotatable bonds is 2. The number of likely N-dealkylation sites (tertiary alicyclic amines) is 1. The summed E-state index contributed by atoms with van der Waals surface area (Å²) in [5.74, 6) is 1.08. The molecule has 2 rings (SSSR count). The zero-order chi connectivity index (χ0) is 13.9. The second-order valence-electron chi connectivity index (χ2n) is 7.20. The van der Waals surface area contributed by atoms with Gasteiger partial charge in [-0.15, -0.1) is 0 Å². The van der Waals surface area contributed by atoms with Crippen molar-refractivity contribution in [1.82, 2.24) is 10.2 Å². The van der Waals surface area contributed by atoms with Crippen molar-refractivity contribution < 1.29 is 4.74 Å². The molecule has 4 nitrogen and oxygen atoms in total. The Balaban J connectivity index is 2.00.